The number of halogens is 2. The topological polar surface area (TPSA) is 73.2 Å². The van der Waals surface area contributed by atoms with Crippen LogP contribution in [0.2, 0.25) is 5.02 Å². The maximum Gasteiger partial charge on any atom is 0.266 e. The molecule has 3 rings (SSSR count). The monoisotopic (exact) mass is 401 g/mol. The number of para-hydroxylation sites is 1. The molecule has 0 bridgehead atoms. The average molecular weight is 402 g/mol. The van der Waals surface area contributed by atoms with Gasteiger partial charge in [0.25, 0.3) is 11.5 Å². The first-order valence-electron chi connectivity index (χ1n) is 8.51. The van der Waals surface area contributed by atoms with Crippen LogP contribution in [0.15, 0.2) is 65.5 Å². The second-order valence-corrected chi connectivity index (χ2v) is 6.29. The number of aromatic nitrogens is 2. The predicted molar refractivity (Wildman–Crippen MR) is 104 cm³/mol. The third-order valence-corrected chi connectivity index (χ3v) is 4.10. The van der Waals surface area contributed by atoms with Crippen molar-refractivity contribution < 1.29 is 13.9 Å². The third kappa shape index (κ3) is 5.17. The van der Waals surface area contributed by atoms with Crippen LogP contribution in [0.1, 0.15) is 0 Å². The van der Waals surface area contributed by atoms with Crippen LogP contribution in [0.25, 0.3) is 11.3 Å². The lowest BCUT2D eigenvalue weighted by atomic mass is 10.1. The Morgan fingerprint density at radius 3 is 2.61 bits per heavy atom. The van der Waals surface area contributed by atoms with Crippen molar-refractivity contribution in [1.82, 2.24) is 15.1 Å². The Morgan fingerprint density at radius 1 is 1.11 bits per heavy atom. The number of benzene rings is 2. The Balaban J connectivity index is 1.55. The molecule has 28 heavy (non-hydrogen) atoms. The Labute approximate surface area is 165 Å². The molecule has 0 spiro atoms. The Hall–Kier alpha value is -3.19. The van der Waals surface area contributed by atoms with Gasteiger partial charge in [-0.25, -0.2) is 9.07 Å². The summed E-state index contributed by atoms with van der Waals surface area (Å²) in [6.45, 7) is 0.0379. The second kappa shape index (κ2) is 9.14. The molecule has 8 heteroatoms. The first-order valence-corrected chi connectivity index (χ1v) is 8.89. The van der Waals surface area contributed by atoms with Crippen molar-refractivity contribution in [3.8, 4) is 17.0 Å². The number of amides is 1. The van der Waals surface area contributed by atoms with E-state index in [0.717, 1.165) is 5.56 Å². The molecule has 0 aliphatic rings. The van der Waals surface area contributed by atoms with Crippen LogP contribution >= 0.6 is 11.6 Å². The number of nitrogens with zero attached hydrogens (tertiary/aromatic N) is 2. The molecule has 144 valence electrons. The van der Waals surface area contributed by atoms with Crippen molar-refractivity contribution in [2.75, 3.05) is 13.2 Å². The molecule has 0 unspecified atom stereocenters. The smallest absolute Gasteiger partial charge is 0.266 e. The standard InChI is InChI=1S/C20H17ClFN3O3/c21-15-7-5-14(6-8-15)17-9-10-20(27)25(24-17)12-11-23-19(26)13-28-18-4-2-1-3-16(18)22/h1-10H,11-13H2,(H,23,26). The number of hydrogen-bond donors (Lipinski definition) is 1. The lowest BCUT2D eigenvalue weighted by Gasteiger charge is -2.10. The van der Waals surface area contributed by atoms with E-state index < -0.39 is 11.7 Å². The fourth-order valence-corrected chi connectivity index (χ4v) is 2.57. The molecule has 6 nitrogen and oxygen atoms in total. The summed E-state index contributed by atoms with van der Waals surface area (Å²) in [7, 11) is 0. The van der Waals surface area contributed by atoms with Crippen molar-refractivity contribution >= 4 is 17.5 Å². The van der Waals surface area contributed by atoms with Crippen LogP contribution in [0.4, 0.5) is 4.39 Å². The van der Waals surface area contributed by atoms with Gasteiger partial charge >= 0.3 is 0 Å². The maximum absolute atomic E-state index is 13.4. The zero-order chi connectivity index (χ0) is 19.9. The highest BCUT2D eigenvalue weighted by Crippen LogP contribution is 2.18. The summed E-state index contributed by atoms with van der Waals surface area (Å²) in [6.07, 6.45) is 0. The van der Waals surface area contributed by atoms with Gasteiger partial charge in [0.05, 0.1) is 12.2 Å². The zero-order valence-electron chi connectivity index (χ0n) is 14.8. The fourth-order valence-electron chi connectivity index (χ4n) is 2.44. The Bertz CT molecular complexity index is 1020. The molecule has 1 heterocycles. The summed E-state index contributed by atoms with van der Waals surface area (Å²) < 4.78 is 19.8. The van der Waals surface area contributed by atoms with E-state index in [9.17, 15) is 14.0 Å². The lowest BCUT2D eigenvalue weighted by molar-refractivity contribution is -0.123. The number of ether oxygens (including phenoxy) is 1. The zero-order valence-corrected chi connectivity index (χ0v) is 15.5. The van der Waals surface area contributed by atoms with Crippen LogP contribution in [-0.2, 0) is 11.3 Å². The molecule has 2 aromatic carbocycles. The molecule has 1 amide bonds. The van der Waals surface area contributed by atoms with Crippen LogP contribution in [0.5, 0.6) is 5.75 Å². The van der Waals surface area contributed by atoms with E-state index >= 15 is 0 Å². The molecular formula is C20H17ClFN3O3. The van der Waals surface area contributed by atoms with E-state index in [1.54, 1.807) is 36.4 Å². The quantitative estimate of drug-likeness (QED) is 0.660. The van der Waals surface area contributed by atoms with Crippen LogP contribution in [0, 0.1) is 5.82 Å². The summed E-state index contributed by atoms with van der Waals surface area (Å²) in [5.41, 5.74) is 1.15. The fraction of sp³-hybridized carbons (Fsp3) is 0.150. The molecule has 0 atom stereocenters. The first-order chi connectivity index (χ1) is 13.5. The van der Waals surface area contributed by atoms with E-state index in [-0.39, 0.29) is 31.0 Å². The van der Waals surface area contributed by atoms with E-state index in [1.165, 1.54) is 28.9 Å². The molecule has 0 radical (unpaired) electrons. The average Bonchev–Trinajstić information content (AvgIpc) is 2.69. The summed E-state index contributed by atoms with van der Waals surface area (Å²) in [6, 6.07) is 16.0. The molecule has 0 aliphatic heterocycles. The van der Waals surface area contributed by atoms with Crippen LogP contribution in [-0.4, -0.2) is 28.8 Å². The highest BCUT2D eigenvalue weighted by molar-refractivity contribution is 6.30. The molecule has 1 aromatic heterocycles. The van der Waals surface area contributed by atoms with Gasteiger partial charge in [0, 0.05) is 23.2 Å². The second-order valence-electron chi connectivity index (χ2n) is 5.86. The third-order valence-electron chi connectivity index (χ3n) is 3.85. The molecule has 0 saturated carbocycles. The van der Waals surface area contributed by atoms with Gasteiger partial charge in [-0.3, -0.25) is 9.59 Å². The summed E-state index contributed by atoms with van der Waals surface area (Å²) in [4.78, 5) is 23.8. The molecule has 0 aliphatic carbocycles. The molecular weight excluding hydrogens is 385 g/mol. The number of carbonyl (C=O) groups is 1. The van der Waals surface area contributed by atoms with Crippen molar-refractivity contribution in [3.63, 3.8) is 0 Å². The van der Waals surface area contributed by atoms with Crippen LogP contribution in [0.3, 0.4) is 0 Å². The van der Waals surface area contributed by atoms with E-state index in [4.69, 9.17) is 16.3 Å². The molecule has 0 saturated heterocycles. The number of rotatable bonds is 7. The minimum atomic E-state index is -0.537. The SMILES string of the molecule is O=C(COc1ccccc1F)NCCn1nc(-c2ccc(Cl)cc2)ccc1=O. The van der Waals surface area contributed by atoms with Gasteiger partial charge in [-0.15, -0.1) is 0 Å². The first kappa shape index (κ1) is 19.6. The largest absolute Gasteiger partial charge is 0.481 e. The van der Waals surface area contributed by atoms with Crippen molar-refractivity contribution in [2.45, 2.75) is 6.54 Å². The van der Waals surface area contributed by atoms with Gasteiger partial charge in [-0.1, -0.05) is 35.9 Å². The number of carbonyl (C=O) groups excluding carboxylic acids is 1. The lowest BCUT2D eigenvalue weighted by Crippen LogP contribution is -2.34. The minimum absolute atomic E-state index is 0.00574. The van der Waals surface area contributed by atoms with Gasteiger partial charge in [-0.05, 0) is 30.3 Å². The van der Waals surface area contributed by atoms with Crippen molar-refractivity contribution in [2.24, 2.45) is 0 Å². The molecule has 3 aromatic rings. The van der Waals surface area contributed by atoms with E-state index in [2.05, 4.69) is 10.4 Å². The highest BCUT2D eigenvalue weighted by Gasteiger charge is 2.07. The summed E-state index contributed by atoms with van der Waals surface area (Å²) >= 11 is 5.88. The minimum Gasteiger partial charge on any atom is -0.481 e. The van der Waals surface area contributed by atoms with E-state index in [1.807, 2.05) is 0 Å². The predicted octanol–water partition coefficient (Wildman–Crippen LogP) is 2.90. The molecule has 1 N–H and O–H groups in total. The van der Waals surface area contributed by atoms with Gasteiger partial charge in [0.2, 0.25) is 0 Å². The van der Waals surface area contributed by atoms with Gasteiger partial charge < -0.3 is 10.1 Å². The summed E-state index contributed by atoms with van der Waals surface area (Å²) in [5.74, 6) is -0.957. The Morgan fingerprint density at radius 2 is 1.86 bits per heavy atom. The highest BCUT2D eigenvalue weighted by atomic mass is 35.5. The summed E-state index contributed by atoms with van der Waals surface area (Å²) in [5, 5.41) is 7.52. The van der Waals surface area contributed by atoms with Gasteiger partial charge in [0.15, 0.2) is 18.2 Å². The van der Waals surface area contributed by atoms with Gasteiger partial charge in [-0.2, -0.15) is 5.10 Å². The van der Waals surface area contributed by atoms with Crippen LogP contribution < -0.4 is 15.6 Å². The van der Waals surface area contributed by atoms with Gasteiger partial charge in [0.1, 0.15) is 0 Å². The molecule has 0 fully saturated rings. The number of nitrogens with one attached hydrogen (secondary N) is 1. The maximum atomic E-state index is 13.4. The van der Waals surface area contributed by atoms with Crippen molar-refractivity contribution in [3.05, 3.63) is 81.9 Å². The Kier molecular flexibility index (Phi) is 6.39. The van der Waals surface area contributed by atoms with Crippen molar-refractivity contribution in [1.29, 1.82) is 0 Å². The van der Waals surface area contributed by atoms with E-state index in [0.29, 0.717) is 10.7 Å². The number of hydrogen-bond acceptors (Lipinski definition) is 4. The normalized spacial score (nSPS) is 10.5.